The molecule has 2 rings (SSSR count). The first-order valence-corrected chi connectivity index (χ1v) is 7.89. The third-order valence-corrected chi connectivity index (χ3v) is 4.83. The van der Waals surface area contributed by atoms with Crippen LogP contribution in [0.4, 0.5) is 0 Å². The van der Waals surface area contributed by atoms with Crippen molar-refractivity contribution in [3.8, 4) is 0 Å². The quantitative estimate of drug-likeness (QED) is 0.901. The predicted octanol–water partition coefficient (Wildman–Crippen LogP) is 2.96. The minimum absolute atomic E-state index is 0.0824. The average Bonchev–Trinajstić information content (AvgIpc) is 2.91. The van der Waals surface area contributed by atoms with E-state index < -0.39 is 0 Å². The standard InChI is InChI=1S/C15H23NO2S/c1-12(2)10-14(17)16-11-15(5-7-18-8-6-15)13-4-3-9-19-13/h3-4,9,12H,5-8,10-11H2,1-2H3,(H,16,17). The van der Waals surface area contributed by atoms with Crippen molar-refractivity contribution < 1.29 is 9.53 Å². The number of hydrogen-bond acceptors (Lipinski definition) is 3. The van der Waals surface area contributed by atoms with Gasteiger partial charge < -0.3 is 10.1 Å². The van der Waals surface area contributed by atoms with Gasteiger partial charge in [0.25, 0.3) is 0 Å². The van der Waals surface area contributed by atoms with Crippen molar-refractivity contribution in [3.63, 3.8) is 0 Å². The van der Waals surface area contributed by atoms with Gasteiger partial charge in [0.1, 0.15) is 0 Å². The lowest BCUT2D eigenvalue weighted by molar-refractivity contribution is -0.122. The van der Waals surface area contributed by atoms with Crippen molar-refractivity contribution in [1.29, 1.82) is 0 Å². The normalized spacial score (nSPS) is 18.5. The molecule has 1 saturated heterocycles. The van der Waals surface area contributed by atoms with E-state index in [1.165, 1.54) is 4.88 Å². The van der Waals surface area contributed by atoms with Gasteiger partial charge in [0.05, 0.1) is 0 Å². The van der Waals surface area contributed by atoms with Crippen LogP contribution in [0.3, 0.4) is 0 Å². The molecule has 3 nitrogen and oxygen atoms in total. The monoisotopic (exact) mass is 281 g/mol. The van der Waals surface area contributed by atoms with Crippen molar-refractivity contribution in [2.75, 3.05) is 19.8 Å². The fourth-order valence-corrected chi connectivity index (χ4v) is 3.55. The molecule has 0 unspecified atom stereocenters. The van der Waals surface area contributed by atoms with E-state index >= 15 is 0 Å². The maximum atomic E-state index is 11.9. The van der Waals surface area contributed by atoms with Gasteiger partial charge in [-0.05, 0) is 30.2 Å². The summed E-state index contributed by atoms with van der Waals surface area (Å²) in [5, 5.41) is 5.24. The molecule has 1 aromatic rings. The van der Waals surface area contributed by atoms with Gasteiger partial charge >= 0.3 is 0 Å². The van der Waals surface area contributed by atoms with E-state index in [0.29, 0.717) is 12.3 Å². The molecule has 1 fully saturated rings. The lowest BCUT2D eigenvalue weighted by Crippen LogP contribution is -2.44. The van der Waals surface area contributed by atoms with Gasteiger partial charge in [-0.3, -0.25) is 4.79 Å². The van der Waals surface area contributed by atoms with Crippen LogP contribution >= 0.6 is 11.3 Å². The largest absolute Gasteiger partial charge is 0.381 e. The van der Waals surface area contributed by atoms with Crippen LogP contribution < -0.4 is 5.32 Å². The van der Waals surface area contributed by atoms with Crippen LogP contribution in [0.5, 0.6) is 0 Å². The molecule has 1 aromatic heterocycles. The van der Waals surface area contributed by atoms with Gasteiger partial charge in [-0.25, -0.2) is 0 Å². The molecule has 0 aromatic carbocycles. The van der Waals surface area contributed by atoms with E-state index in [1.807, 2.05) is 0 Å². The summed E-state index contributed by atoms with van der Waals surface area (Å²) in [5.74, 6) is 0.574. The highest BCUT2D eigenvalue weighted by molar-refractivity contribution is 7.10. The Bertz CT molecular complexity index is 394. The summed E-state index contributed by atoms with van der Waals surface area (Å²) >= 11 is 1.79. The van der Waals surface area contributed by atoms with Crippen LogP contribution in [0.15, 0.2) is 17.5 Å². The number of thiophene rings is 1. The molecule has 1 N–H and O–H groups in total. The first-order chi connectivity index (χ1) is 9.12. The molecule has 1 aliphatic heterocycles. The summed E-state index contributed by atoms with van der Waals surface area (Å²) in [7, 11) is 0. The van der Waals surface area contributed by atoms with Crippen LogP contribution in [-0.4, -0.2) is 25.7 Å². The second-order valence-electron chi connectivity index (χ2n) is 5.74. The summed E-state index contributed by atoms with van der Waals surface area (Å²) in [6, 6.07) is 4.28. The summed E-state index contributed by atoms with van der Waals surface area (Å²) in [4.78, 5) is 13.2. The number of ether oxygens (including phenoxy) is 1. The van der Waals surface area contributed by atoms with Crippen molar-refractivity contribution in [2.45, 2.75) is 38.5 Å². The van der Waals surface area contributed by atoms with Crippen LogP contribution in [0, 0.1) is 5.92 Å². The van der Waals surface area contributed by atoms with E-state index in [9.17, 15) is 4.79 Å². The molecule has 19 heavy (non-hydrogen) atoms. The highest BCUT2D eigenvalue weighted by Gasteiger charge is 2.35. The third-order valence-electron chi connectivity index (χ3n) is 3.71. The molecule has 1 amide bonds. The van der Waals surface area contributed by atoms with Crippen molar-refractivity contribution in [1.82, 2.24) is 5.32 Å². The van der Waals surface area contributed by atoms with Crippen molar-refractivity contribution in [2.24, 2.45) is 5.92 Å². The first kappa shape index (κ1) is 14.5. The number of nitrogens with one attached hydrogen (secondary N) is 1. The Kier molecular flexibility index (Phi) is 4.99. The van der Waals surface area contributed by atoms with E-state index in [2.05, 4.69) is 36.7 Å². The van der Waals surface area contributed by atoms with Crippen LogP contribution in [0.2, 0.25) is 0 Å². The van der Waals surface area contributed by atoms with E-state index in [-0.39, 0.29) is 11.3 Å². The van der Waals surface area contributed by atoms with E-state index in [1.54, 1.807) is 11.3 Å². The van der Waals surface area contributed by atoms with Gasteiger partial charge in [-0.15, -0.1) is 11.3 Å². The zero-order valence-corrected chi connectivity index (χ0v) is 12.6. The van der Waals surface area contributed by atoms with Crippen molar-refractivity contribution >= 4 is 17.2 Å². The Morgan fingerprint density at radius 3 is 2.79 bits per heavy atom. The Labute approximate surface area is 119 Å². The van der Waals surface area contributed by atoms with Crippen LogP contribution in [0.25, 0.3) is 0 Å². The molecular weight excluding hydrogens is 258 g/mol. The molecule has 0 aliphatic carbocycles. The smallest absolute Gasteiger partial charge is 0.220 e. The minimum Gasteiger partial charge on any atom is -0.381 e. The predicted molar refractivity (Wildman–Crippen MR) is 78.5 cm³/mol. The average molecular weight is 281 g/mol. The van der Waals surface area contributed by atoms with E-state index in [4.69, 9.17) is 4.74 Å². The lowest BCUT2D eigenvalue weighted by Gasteiger charge is -2.36. The Hall–Kier alpha value is -0.870. The Balaban J connectivity index is 2.01. The summed E-state index contributed by atoms with van der Waals surface area (Å²) < 4.78 is 5.49. The Morgan fingerprint density at radius 1 is 1.47 bits per heavy atom. The molecular formula is C15H23NO2S. The van der Waals surface area contributed by atoms with Gasteiger partial charge in [-0.1, -0.05) is 19.9 Å². The molecule has 0 spiro atoms. The fraction of sp³-hybridized carbons (Fsp3) is 0.667. The first-order valence-electron chi connectivity index (χ1n) is 7.01. The summed E-state index contributed by atoms with van der Waals surface area (Å²) in [5.41, 5.74) is 0.0824. The highest BCUT2D eigenvalue weighted by Crippen LogP contribution is 2.36. The minimum atomic E-state index is 0.0824. The second-order valence-corrected chi connectivity index (χ2v) is 6.69. The molecule has 0 bridgehead atoms. The molecule has 2 heterocycles. The zero-order valence-electron chi connectivity index (χ0n) is 11.8. The summed E-state index contributed by atoms with van der Waals surface area (Å²) in [6.45, 7) is 6.46. The Morgan fingerprint density at radius 2 is 2.21 bits per heavy atom. The van der Waals surface area contributed by atoms with Gasteiger partial charge in [0.15, 0.2) is 0 Å². The second kappa shape index (κ2) is 6.53. The topological polar surface area (TPSA) is 38.3 Å². The molecule has 4 heteroatoms. The number of amides is 1. The molecule has 0 atom stereocenters. The molecule has 0 radical (unpaired) electrons. The maximum Gasteiger partial charge on any atom is 0.220 e. The van der Waals surface area contributed by atoms with Crippen LogP contribution in [-0.2, 0) is 14.9 Å². The fourth-order valence-electron chi connectivity index (χ4n) is 2.56. The number of carbonyl (C=O) groups excluding carboxylic acids is 1. The SMILES string of the molecule is CC(C)CC(=O)NCC1(c2cccs2)CCOCC1. The number of carbonyl (C=O) groups is 1. The van der Waals surface area contributed by atoms with Gasteiger partial charge in [0.2, 0.25) is 5.91 Å². The zero-order chi connectivity index (χ0) is 13.7. The lowest BCUT2D eigenvalue weighted by atomic mass is 9.78. The number of hydrogen-bond donors (Lipinski definition) is 1. The number of rotatable bonds is 5. The molecule has 106 valence electrons. The van der Waals surface area contributed by atoms with Crippen LogP contribution in [0.1, 0.15) is 38.0 Å². The maximum absolute atomic E-state index is 11.9. The van der Waals surface area contributed by atoms with Gasteiger partial charge in [-0.2, -0.15) is 0 Å². The highest BCUT2D eigenvalue weighted by atomic mass is 32.1. The summed E-state index contributed by atoms with van der Waals surface area (Å²) in [6.07, 6.45) is 2.60. The van der Waals surface area contributed by atoms with Gasteiger partial charge in [0, 0.05) is 36.5 Å². The molecule has 0 saturated carbocycles. The van der Waals surface area contributed by atoms with E-state index in [0.717, 1.165) is 32.6 Å². The molecule has 1 aliphatic rings. The van der Waals surface area contributed by atoms with Crippen molar-refractivity contribution in [3.05, 3.63) is 22.4 Å². The third kappa shape index (κ3) is 3.80.